The van der Waals surface area contributed by atoms with Crippen LogP contribution in [-0.4, -0.2) is 53.3 Å². The van der Waals surface area contributed by atoms with Crippen LogP contribution in [0.25, 0.3) is 11.5 Å². The Labute approximate surface area is 167 Å². The number of aromatic nitrogens is 2. The van der Waals surface area contributed by atoms with E-state index in [1.54, 1.807) is 36.3 Å². The van der Waals surface area contributed by atoms with E-state index in [0.29, 0.717) is 43.4 Å². The zero-order valence-electron chi connectivity index (χ0n) is 16.0. The highest BCUT2D eigenvalue weighted by Gasteiger charge is 2.26. The van der Waals surface area contributed by atoms with Crippen LogP contribution in [-0.2, 0) is 4.79 Å². The third-order valence-electron chi connectivity index (χ3n) is 4.80. The van der Waals surface area contributed by atoms with Gasteiger partial charge in [-0.05, 0) is 43.3 Å². The van der Waals surface area contributed by atoms with E-state index in [9.17, 15) is 9.18 Å². The molecule has 0 spiro atoms. The molecule has 1 amide bonds. The Kier molecular flexibility index (Phi) is 5.41. The van der Waals surface area contributed by atoms with E-state index < -0.39 is 11.9 Å². The number of carbonyl (C=O) groups is 1. The van der Waals surface area contributed by atoms with Crippen molar-refractivity contribution < 1.29 is 18.3 Å². The van der Waals surface area contributed by atoms with Gasteiger partial charge in [0.15, 0.2) is 17.7 Å². The second-order valence-corrected chi connectivity index (χ2v) is 6.78. The summed E-state index contributed by atoms with van der Waals surface area (Å²) in [7, 11) is 0. The number of nitrogens with zero attached hydrogens (tertiary/aromatic N) is 4. The van der Waals surface area contributed by atoms with Crippen LogP contribution >= 0.6 is 0 Å². The molecule has 3 heterocycles. The number of amides is 1. The fraction of sp³-hybridized carbons (Fsp3) is 0.286. The van der Waals surface area contributed by atoms with Crippen molar-refractivity contribution in [2.45, 2.75) is 13.0 Å². The minimum Gasteiger partial charge on any atom is -0.481 e. The van der Waals surface area contributed by atoms with Gasteiger partial charge in [0.25, 0.3) is 5.91 Å². The molecule has 1 aliphatic rings. The fourth-order valence-corrected chi connectivity index (χ4v) is 3.26. The molecule has 0 radical (unpaired) electrons. The molecule has 0 saturated carbocycles. The number of carbonyl (C=O) groups excluding carboxylic acids is 1. The Morgan fingerprint density at radius 2 is 1.93 bits per heavy atom. The van der Waals surface area contributed by atoms with E-state index in [4.69, 9.17) is 9.15 Å². The quantitative estimate of drug-likeness (QED) is 0.660. The first-order chi connectivity index (χ1) is 14.1. The Balaban J connectivity index is 1.32. The topological polar surface area (TPSA) is 71.7 Å². The van der Waals surface area contributed by atoms with Crippen LogP contribution < -0.4 is 9.64 Å². The number of halogens is 1. The third-order valence-corrected chi connectivity index (χ3v) is 4.80. The third kappa shape index (κ3) is 4.37. The monoisotopic (exact) mass is 396 g/mol. The molecule has 1 saturated heterocycles. The van der Waals surface area contributed by atoms with Crippen LogP contribution in [0.4, 0.5) is 10.2 Å². The molecular weight excluding hydrogens is 375 g/mol. The van der Waals surface area contributed by atoms with Gasteiger partial charge in [-0.15, -0.1) is 10.2 Å². The van der Waals surface area contributed by atoms with Gasteiger partial charge in [0, 0.05) is 32.2 Å². The lowest BCUT2D eigenvalue weighted by Gasteiger charge is -2.36. The van der Waals surface area contributed by atoms with Gasteiger partial charge >= 0.3 is 0 Å². The Hall–Kier alpha value is -3.42. The smallest absolute Gasteiger partial charge is 0.263 e. The molecule has 0 N–H and O–H groups in total. The number of rotatable bonds is 5. The van der Waals surface area contributed by atoms with Gasteiger partial charge < -0.3 is 19.0 Å². The van der Waals surface area contributed by atoms with Crippen LogP contribution in [0.3, 0.4) is 0 Å². The summed E-state index contributed by atoms with van der Waals surface area (Å²) < 4.78 is 24.2. The summed E-state index contributed by atoms with van der Waals surface area (Å²) in [6.07, 6.45) is 0.913. The molecule has 0 aliphatic carbocycles. The standard InChI is InChI=1S/C21H21FN4O3/c1-15(29-17-5-2-4-16(22)14-17)21(27)26-11-9-25(10-12-26)20-8-7-18(23-24-20)19-6-3-13-28-19/h2-8,13-15H,9-12H2,1H3. The first-order valence-corrected chi connectivity index (χ1v) is 9.44. The number of piperazine rings is 1. The van der Waals surface area contributed by atoms with Crippen molar-refractivity contribution in [2.75, 3.05) is 31.1 Å². The minimum absolute atomic E-state index is 0.117. The molecule has 4 rings (SSSR count). The van der Waals surface area contributed by atoms with E-state index in [-0.39, 0.29) is 5.91 Å². The maximum absolute atomic E-state index is 13.3. The van der Waals surface area contributed by atoms with E-state index >= 15 is 0 Å². The normalized spacial score (nSPS) is 15.2. The summed E-state index contributed by atoms with van der Waals surface area (Å²) in [5, 5.41) is 8.50. The highest BCUT2D eigenvalue weighted by Crippen LogP contribution is 2.20. The summed E-state index contributed by atoms with van der Waals surface area (Å²) in [6.45, 7) is 4.08. The molecule has 2 aromatic heterocycles. The Bertz CT molecular complexity index is 954. The first kappa shape index (κ1) is 18.9. The van der Waals surface area contributed by atoms with Crippen molar-refractivity contribution >= 4 is 11.7 Å². The van der Waals surface area contributed by atoms with E-state index in [0.717, 1.165) is 5.82 Å². The number of furan rings is 1. The van der Waals surface area contributed by atoms with Crippen LogP contribution in [0, 0.1) is 5.82 Å². The minimum atomic E-state index is -0.685. The SMILES string of the molecule is CC(Oc1cccc(F)c1)C(=O)N1CCN(c2ccc(-c3ccco3)nn2)CC1. The summed E-state index contributed by atoms with van der Waals surface area (Å²) in [5.41, 5.74) is 0.677. The number of ether oxygens (including phenoxy) is 1. The van der Waals surface area contributed by atoms with Gasteiger partial charge in [0.2, 0.25) is 0 Å². The molecule has 29 heavy (non-hydrogen) atoms. The average Bonchev–Trinajstić information content (AvgIpc) is 3.28. The summed E-state index contributed by atoms with van der Waals surface area (Å²) in [6, 6.07) is 13.2. The lowest BCUT2D eigenvalue weighted by atomic mass is 10.2. The largest absolute Gasteiger partial charge is 0.481 e. The van der Waals surface area contributed by atoms with Crippen molar-refractivity contribution in [3.63, 3.8) is 0 Å². The number of benzene rings is 1. The molecule has 1 aromatic carbocycles. The number of anilines is 1. The van der Waals surface area contributed by atoms with Crippen LogP contribution in [0.15, 0.2) is 59.2 Å². The first-order valence-electron chi connectivity index (χ1n) is 9.44. The number of hydrogen-bond donors (Lipinski definition) is 0. The zero-order chi connectivity index (χ0) is 20.2. The van der Waals surface area contributed by atoms with E-state index in [1.165, 1.54) is 12.1 Å². The van der Waals surface area contributed by atoms with Crippen LogP contribution in [0.5, 0.6) is 5.75 Å². The molecule has 1 unspecified atom stereocenters. The molecule has 150 valence electrons. The second-order valence-electron chi connectivity index (χ2n) is 6.78. The van der Waals surface area contributed by atoms with E-state index in [1.807, 2.05) is 18.2 Å². The van der Waals surface area contributed by atoms with Crippen molar-refractivity contribution in [3.8, 4) is 17.2 Å². The van der Waals surface area contributed by atoms with E-state index in [2.05, 4.69) is 15.1 Å². The fourth-order valence-electron chi connectivity index (χ4n) is 3.26. The molecule has 0 bridgehead atoms. The lowest BCUT2D eigenvalue weighted by molar-refractivity contribution is -0.138. The predicted molar refractivity (Wildman–Crippen MR) is 105 cm³/mol. The highest BCUT2D eigenvalue weighted by molar-refractivity contribution is 5.81. The molecule has 8 heteroatoms. The summed E-state index contributed by atoms with van der Waals surface area (Å²) >= 11 is 0. The van der Waals surface area contributed by atoms with Crippen molar-refractivity contribution in [2.24, 2.45) is 0 Å². The molecule has 7 nitrogen and oxygen atoms in total. The van der Waals surface area contributed by atoms with Gasteiger partial charge in [-0.1, -0.05) is 6.07 Å². The Morgan fingerprint density at radius 3 is 2.59 bits per heavy atom. The van der Waals surface area contributed by atoms with Crippen molar-refractivity contribution in [1.82, 2.24) is 15.1 Å². The van der Waals surface area contributed by atoms with Crippen molar-refractivity contribution in [1.29, 1.82) is 0 Å². The van der Waals surface area contributed by atoms with Crippen LogP contribution in [0.2, 0.25) is 0 Å². The molecule has 1 aliphatic heterocycles. The van der Waals surface area contributed by atoms with Crippen molar-refractivity contribution in [3.05, 3.63) is 60.6 Å². The highest BCUT2D eigenvalue weighted by atomic mass is 19.1. The second kappa shape index (κ2) is 8.30. The maximum atomic E-state index is 13.3. The molecule has 3 aromatic rings. The van der Waals surface area contributed by atoms with Gasteiger partial charge in [0.05, 0.1) is 6.26 Å². The maximum Gasteiger partial charge on any atom is 0.263 e. The lowest BCUT2D eigenvalue weighted by Crippen LogP contribution is -2.52. The predicted octanol–water partition coefficient (Wildman–Crippen LogP) is 2.99. The summed E-state index contributed by atoms with van der Waals surface area (Å²) in [4.78, 5) is 16.5. The van der Waals surface area contributed by atoms with Gasteiger partial charge in [-0.25, -0.2) is 4.39 Å². The summed E-state index contributed by atoms with van der Waals surface area (Å²) in [5.74, 6) is 1.27. The van der Waals surface area contributed by atoms with Gasteiger partial charge in [-0.3, -0.25) is 4.79 Å². The average molecular weight is 396 g/mol. The molecular formula is C21H21FN4O3. The van der Waals surface area contributed by atoms with Gasteiger partial charge in [0.1, 0.15) is 17.3 Å². The Morgan fingerprint density at radius 1 is 1.10 bits per heavy atom. The zero-order valence-corrected chi connectivity index (χ0v) is 16.0. The van der Waals surface area contributed by atoms with Crippen LogP contribution in [0.1, 0.15) is 6.92 Å². The molecule has 1 atom stereocenters. The molecule has 1 fully saturated rings. The number of hydrogen-bond acceptors (Lipinski definition) is 6. The van der Waals surface area contributed by atoms with Gasteiger partial charge in [-0.2, -0.15) is 0 Å².